The lowest BCUT2D eigenvalue weighted by atomic mass is 10.2. The molecular formula is C42H51Cl3N12O6. The van der Waals surface area contributed by atoms with Gasteiger partial charge in [0.25, 0.3) is 0 Å². The molecule has 0 radical (unpaired) electrons. The molecule has 3 aromatic heterocycles. The lowest BCUT2D eigenvalue weighted by Gasteiger charge is -2.12. The first-order chi connectivity index (χ1) is 30.6. The lowest BCUT2D eigenvalue weighted by Crippen LogP contribution is -2.08. The monoisotopic (exact) mass is 924 g/mol. The van der Waals surface area contributed by atoms with Gasteiger partial charge in [0, 0.05) is 54.5 Å². The largest absolute Gasteiger partial charge is 0.452 e. The molecule has 0 aliphatic heterocycles. The van der Waals surface area contributed by atoms with E-state index in [1.165, 1.54) is 18.6 Å². The minimum absolute atomic E-state index is 0.0982. The van der Waals surface area contributed by atoms with Crippen LogP contribution in [0.4, 0.5) is 35.3 Å². The van der Waals surface area contributed by atoms with E-state index in [-0.39, 0.29) is 37.7 Å². The molecule has 63 heavy (non-hydrogen) atoms. The van der Waals surface area contributed by atoms with Crippen LogP contribution in [0.25, 0.3) is 0 Å². The lowest BCUT2D eigenvalue weighted by molar-refractivity contribution is 0.283. The van der Waals surface area contributed by atoms with Crippen molar-refractivity contribution in [3.63, 3.8) is 0 Å². The van der Waals surface area contributed by atoms with Crippen molar-refractivity contribution in [3.05, 3.63) is 106 Å². The highest BCUT2D eigenvalue weighted by Crippen LogP contribution is 2.31. The standard InChI is InChI=1S/C15H19ClN4O2.C14H17ClN4O2.C13H15ClN4O2/c16-11-4-6-12(7-5-11)22-13-10-19-15(17)20-14(13)18-8-2-1-3-9-21;15-10-3-5-11(6-4-10)21-12-9-18-14(16)19-13(12)17-7-1-2-8-20;14-9-2-4-10(5-3-9)20-11-8-17-13(15)18-12(11)16-6-1-7-19/h4-7,10,21H,1-3,8-9H2,(H3,17,18,19,20);3-6,9,20H,1-2,7-8H2,(H3,16,17,18,19);2-5,8,19H,1,6-7H2,(H3,15,16,17,18). The number of nitrogens with two attached hydrogens (primary N) is 3. The fourth-order valence-electron chi connectivity index (χ4n) is 5.00. The van der Waals surface area contributed by atoms with Gasteiger partial charge in [0.05, 0.1) is 18.6 Å². The minimum atomic E-state index is 0.0982. The Morgan fingerprint density at radius 2 is 0.698 bits per heavy atom. The van der Waals surface area contributed by atoms with E-state index < -0.39 is 0 Å². The third kappa shape index (κ3) is 18.8. The van der Waals surface area contributed by atoms with E-state index in [4.69, 9.17) is 81.5 Å². The zero-order valence-electron chi connectivity index (χ0n) is 34.3. The summed E-state index contributed by atoms with van der Waals surface area (Å²) in [6.07, 6.45) is 9.35. The van der Waals surface area contributed by atoms with E-state index >= 15 is 0 Å². The third-order valence-electron chi connectivity index (χ3n) is 8.08. The number of benzene rings is 3. The molecule has 21 heteroatoms. The van der Waals surface area contributed by atoms with Crippen molar-refractivity contribution in [2.24, 2.45) is 0 Å². The van der Waals surface area contributed by atoms with Crippen LogP contribution in [0.2, 0.25) is 15.1 Å². The first-order valence-electron chi connectivity index (χ1n) is 19.8. The van der Waals surface area contributed by atoms with E-state index in [2.05, 4.69) is 45.9 Å². The number of nitrogens with zero attached hydrogens (tertiary/aromatic N) is 6. The number of halogens is 3. The Bertz CT molecular complexity index is 2230. The van der Waals surface area contributed by atoms with Crippen LogP contribution in [-0.2, 0) is 0 Å². The maximum Gasteiger partial charge on any atom is 0.222 e. The molecule has 6 aromatic rings. The highest BCUT2D eigenvalue weighted by molar-refractivity contribution is 6.31. The highest BCUT2D eigenvalue weighted by Gasteiger charge is 2.11. The number of aromatic nitrogens is 6. The second-order valence-corrected chi connectivity index (χ2v) is 14.4. The van der Waals surface area contributed by atoms with Crippen LogP contribution < -0.4 is 47.4 Å². The van der Waals surface area contributed by atoms with Crippen molar-refractivity contribution in [1.82, 2.24) is 29.9 Å². The number of anilines is 6. The summed E-state index contributed by atoms with van der Waals surface area (Å²) in [5.74, 6) is 5.39. The average molecular weight is 926 g/mol. The Morgan fingerprint density at radius 3 is 1.02 bits per heavy atom. The molecule has 0 atom stereocenters. The number of unbranched alkanes of at least 4 members (excludes halogenated alkanes) is 3. The Hall–Kier alpha value is -6.15. The number of aliphatic hydroxyl groups is 3. The highest BCUT2D eigenvalue weighted by atomic mass is 35.5. The second-order valence-electron chi connectivity index (χ2n) is 13.1. The minimum Gasteiger partial charge on any atom is -0.452 e. The third-order valence-corrected chi connectivity index (χ3v) is 8.83. The van der Waals surface area contributed by atoms with Crippen LogP contribution in [0, 0.1) is 0 Å². The Labute approximate surface area is 380 Å². The van der Waals surface area contributed by atoms with Crippen molar-refractivity contribution >= 4 is 70.1 Å². The molecule has 0 amide bonds. The number of rotatable bonds is 21. The van der Waals surface area contributed by atoms with Gasteiger partial charge in [-0.2, -0.15) is 15.0 Å². The van der Waals surface area contributed by atoms with Crippen LogP contribution in [-0.4, -0.2) is 84.7 Å². The van der Waals surface area contributed by atoms with Gasteiger partial charge in [0.15, 0.2) is 34.7 Å². The molecule has 0 bridgehead atoms. The van der Waals surface area contributed by atoms with Crippen molar-refractivity contribution < 1.29 is 29.5 Å². The number of hydrogen-bond donors (Lipinski definition) is 9. The van der Waals surface area contributed by atoms with Gasteiger partial charge in [-0.1, -0.05) is 34.8 Å². The van der Waals surface area contributed by atoms with Crippen molar-refractivity contribution in [1.29, 1.82) is 0 Å². The summed E-state index contributed by atoms with van der Waals surface area (Å²) in [4.78, 5) is 24.2. The number of nitrogen functional groups attached to an aromatic ring is 3. The van der Waals surface area contributed by atoms with Crippen molar-refractivity contribution in [2.45, 2.75) is 38.5 Å². The van der Waals surface area contributed by atoms with Crippen LogP contribution in [0.15, 0.2) is 91.4 Å². The quantitative estimate of drug-likeness (QED) is 0.0309. The zero-order valence-corrected chi connectivity index (χ0v) is 36.5. The molecule has 0 saturated heterocycles. The molecular weight excluding hydrogens is 875 g/mol. The molecule has 336 valence electrons. The van der Waals surface area contributed by atoms with E-state index in [0.29, 0.717) is 93.1 Å². The number of ether oxygens (including phenoxy) is 3. The van der Waals surface area contributed by atoms with Crippen LogP contribution >= 0.6 is 34.8 Å². The Kier molecular flexibility index (Phi) is 21.8. The van der Waals surface area contributed by atoms with Crippen LogP contribution in [0.3, 0.4) is 0 Å². The van der Waals surface area contributed by atoms with Gasteiger partial charge in [0.2, 0.25) is 17.8 Å². The van der Waals surface area contributed by atoms with Gasteiger partial charge in [-0.25, -0.2) is 15.0 Å². The number of aliphatic hydroxyl groups excluding tert-OH is 3. The predicted octanol–water partition coefficient (Wildman–Crippen LogP) is 8.07. The molecule has 18 nitrogen and oxygen atoms in total. The topological polar surface area (TPSA) is 280 Å². The van der Waals surface area contributed by atoms with E-state index in [0.717, 1.165) is 32.1 Å². The van der Waals surface area contributed by atoms with Crippen molar-refractivity contribution in [3.8, 4) is 34.5 Å². The summed E-state index contributed by atoms with van der Waals surface area (Å²) in [5, 5.41) is 37.6. The van der Waals surface area contributed by atoms with Gasteiger partial charge in [-0.3, -0.25) is 0 Å². The fraction of sp³-hybridized carbons (Fsp3) is 0.286. The molecule has 0 fully saturated rings. The maximum absolute atomic E-state index is 8.79. The molecule has 6 rings (SSSR count). The average Bonchev–Trinajstić information content (AvgIpc) is 3.28. The van der Waals surface area contributed by atoms with Gasteiger partial charge in [-0.15, -0.1) is 0 Å². The fourth-order valence-corrected chi connectivity index (χ4v) is 5.37. The molecule has 12 N–H and O–H groups in total. The Morgan fingerprint density at radius 1 is 0.413 bits per heavy atom. The molecule has 3 heterocycles. The Balaban J connectivity index is 0.000000208. The first kappa shape index (κ1) is 49.5. The summed E-state index contributed by atoms with van der Waals surface area (Å²) in [6.45, 7) is 2.42. The summed E-state index contributed by atoms with van der Waals surface area (Å²) in [7, 11) is 0. The SMILES string of the molecule is Nc1ncc(Oc2ccc(Cl)cc2)c(NCCCCCO)n1.Nc1ncc(Oc2ccc(Cl)cc2)c(NCCCCO)n1.Nc1ncc(Oc2ccc(Cl)cc2)c(NCCCO)n1. The van der Waals surface area contributed by atoms with Gasteiger partial charge >= 0.3 is 0 Å². The first-order valence-corrected chi connectivity index (χ1v) is 20.9. The van der Waals surface area contributed by atoms with E-state index in [1.807, 2.05) is 0 Å². The summed E-state index contributed by atoms with van der Waals surface area (Å²) >= 11 is 17.5. The van der Waals surface area contributed by atoms with Gasteiger partial charge < -0.3 is 62.7 Å². The molecule has 0 aliphatic rings. The molecule has 3 aromatic carbocycles. The molecule has 0 spiro atoms. The molecule has 0 unspecified atom stereocenters. The number of nitrogens with one attached hydrogen (secondary N) is 3. The van der Waals surface area contributed by atoms with Crippen LogP contribution in [0.1, 0.15) is 38.5 Å². The van der Waals surface area contributed by atoms with Gasteiger partial charge in [-0.05, 0) is 111 Å². The maximum atomic E-state index is 8.79. The summed E-state index contributed by atoms with van der Waals surface area (Å²) < 4.78 is 17.2. The molecule has 0 aliphatic carbocycles. The summed E-state index contributed by atoms with van der Waals surface area (Å²) in [5.41, 5.74) is 16.8. The van der Waals surface area contributed by atoms with Crippen molar-refractivity contribution in [2.75, 3.05) is 72.6 Å². The van der Waals surface area contributed by atoms with Gasteiger partial charge in [0.1, 0.15) is 17.2 Å². The number of hydrogen-bond acceptors (Lipinski definition) is 18. The molecule has 0 saturated carbocycles. The second kappa shape index (κ2) is 27.7. The predicted molar refractivity (Wildman–Crippen MR) is 248 cm³/mol. The zero-order chi connectivity index (χ0) is 45.2. The van der Waals surface area contributed by atoms with Crippen LogP contribution in [0.5, 0.6) is 34.5 Å². The normalized spacial score (nSPS) is 10.4. The smallest absolute Gasteiger partial charge is 0.222 e. The van der Waals surface area contributed by atoms with E-state index in [1.54, 1.807) is 72.8 Å². The van der Waals surface area contributed by atoms with E-state index in [9.17, 15) is 0 Å². The summed E-state index contributed by atoms with van der Waals surface area (Å²) in [6, 6.07) is 21.0.